The summed E-state index contributed by atoms with van der Waals surface area (Å²) < 4.78 is 6.14. The van der Waals surface area contributed by atoms with Gasteiger partial charge in [-0.15, -0.1) is 0 Å². The van der Waals surface area contributed by atoms with Gasteiger partial charge in [-0.05, 0) is 50.2 Å². The quantitative estimate of drug-likeness (QED) is 0.379. The first-order valence-corrected chi connectivity index (χ1v) is 11.2. The molecule has 1 aliphatic carbocycles. The van der Waals surface area contributed by atoms with E-state index in [9.17, 15) is 0 Å². The Bertz CT molecular complexity index is 1200. The van der Waals surface area contributed by atoms with E-state index in [1.165, 1.54) is 0 Å². The Morgan fingerprint density at radius 2 is 2.03 bits per heavy atom. The maximum absolute atomic E-state index is 8.21. The number of benzene rings is 1. The second kappa shape index (κ2) is 8.57. The third-order valence-corrected chi connectivity index (χ3v) is 6.15. The molecule has 2 aromatic heterocycles. The van der Waals surface area contributed by atoms with Crippen LogP contribution < -0.4 is 15.0 Å². The van der Waals surface area contributed by atoms with Gasteiger partial charge in [0, 0.05) is 43.8 Å². The Kier molecular flexibility index (Phi) is 5.45. The fraction of sp³-hybridized carbons (Fsp3) is 0.333. The van der Waals surface area contributed by atoms with E-state index in [1.54, 1.807) is 24.8 Å². The van der Waals surface area contributed by atoms with Crippen LogP contribution in [0.4, 0.5) is 5.82 Å². The van der Waals surface area contributed by atoms with E-state index < -0.39 is 0 Å². The van der Waals surface area contributed by atoms with Crippen molar-refractivity contribution in [3.05, 3.63) is 55.6 Å². The number of fused-ring (bicyclic) bond motifs is 1. The van der Waals surface area contributed by atoms with Gasteiger partial charge in [0.05, 0.1) is 11.2 Å². The van der Waals surface area contributed by atoms with Gasteiger partial charge < -0.3 is 19.9 Å². The Labute approximate surface area is 192 Å². The number of aromatic nitrogens is 4. The summed E-state index contributed by atoms with van der Waals surface area (Å²) in [5.74, 6) is 2.20. The molecule has 0 amide bonds. The van der Waals surface area contributed by atoms with E-state index in [-0.39, 0.29) is 5.60 Å². The van der Waals surface area contributed by atoms with Crippen LogP contribution in [0.2, 0.25) is 0 Å². The summed E-state index contributed by atoms with van der Waals surface area (Å²) in [5.41, 5.74) is 2.48. The van der Waals surface area contributed by atoms with Crippen molar-refractivity contribution < 1.29 is 4.74 Å². The maximum Gasteiger partial charge on any atom is 0.132 e. The molecule has 0 bridgehead atoms. The van der Waals surface area contributed by atoms with Crippen molar-refractivity contribution in [2.24, 2.45) is 0 Å². The smallest absolute Gasteiger partial charge is 0.132 e. The first-order chi connectivity index (χ1) is 16.0. The van der Waals surface area contributed by atoms with Crippen molar-refractivity contribution >= 4 is 22.6 Å². The first kappa shape index (κ1) is 21.0. The molecule has 0 radical (unpaired) electrons. The third kappa shape index (κ3) is 4.52. The molecular formula is C24H28N8O. The summed E-state index contributed by atoms with van der Waals surface area (Å²) >= 11 is 0. The zero-order chi connectivity index (χ0) is 22.8. The summed E-state index contributed by atoms with van der Waals surface area (Å²) in [7, 11) is 0. The molecule has 9 nitrogen and oxygen atoms in total. The van der Waals surface area contributed by atoms with Crippen LogP contribution in [-0.2, 0) is 0 Å². The summed E-state index contributed by atoms with van der Waals surface area (Å²) in [6, 6.07) is 8.01. The molecule has 3 heterocycles. The molecule has 2 aliphatic rings. The van der Waals surface area contributed by atoms with Crippen LogP contribution in [0.15, 0.2) is 55.6 Å². The molecule has 1 aromatic carbocycles. The first-order valence-electron chi connectivity index (χ1n) is 11.2. The number of piperazine rings is 1. The number of nitrogens with one attached hydrogen (secondary N) is 3. The van der Waals surface area contributed by atoms with Gasteiger partial charge >= 0.3 is 0 Å². The van der Waals surface area contributed by atoms with Gasteiger partial charge in [-0.1, -0.05) is 6.58 Å². The summed E-state index contributed by atoms with van der Waals surface area (Å²) in [6.45, 7) is 8.79. The zero-order valence-electron chi connectivity index (χ0n) is 18.7. The van der Waals surface area contributed by atoms with Gasteiger partial charge in [0.2, 0.25) is 0 Å². The minimum absolute atomic E-state index is 0.0316. The van der Waals surface area contributed by atoms with E-state index >= 15 is 0 Å². The van der Waals surface area contributed by atoms with Crippen LogP contribution in [0.3, 0.4) is 0 Å². The SMILES string of the molecule is C=CNC=CC(=N)N1CCN(c2cc(-c3n[nH]c4ccc(OC5(C)CC5)cc34)ncn2)CC1. The number of ether oxygens (including phenoxy) is 1. The molecule has 1 aliphatic heterocycles. The fourth-order valence-corrected chi connectivity index (χ4v) is 3.94. The molecule has 2 fully saturated rings. The molecular weight excluding hydrogens is 416 g/mol. The number of rotatable bonds is 7. The number of amidine groups is 1. The largest absolute Gasteiger partial charge is 0.488 e. The average molecular weight is 445 g/mol. The molecule has 33 heavy (non-hydrogen) atoms. The van der Waals surface area contributed by atoms with Crippen molar-refractivity contribution in [3.63, 3.8) is 0 Å². The number of aromatic amines is 1. The van der Waals surface area contributed by atoms with Crippen molar-refractivity contribution in [2.75, 3.05) is 31.1 Å². The molecule has 9 heteroatoms. The van der Waals surface area contributed by atoms with Crippen molar-refractivity contribution in [2.45, 2.75) is 25.4 Å². The Morgan fingerprint density at radius 1 is 1.21 bits per heavy atom. The normalized spacial score (nSPS) is 17.4. The molecule has 1 saturated carbocycles. The van der Waals surface area contributed by atoms with Crippen LogP contribution in [0, 0.1) is 5.41 Å². The van der Waals surface area contributed by atoms with Gasteiger partial charge in [0.1, 0.15) is 35.0 Å². The van der Waals surface area contributed by atoms with Crippen LogP contribution in [0.5, 0.6) is 5.75 Å². The van der Waals surface area contributed by atoms with Gasteiger partial charge in [-0.25, -0.2) is 9.97 Å². The molecule has 170 valence electrons. The van der Waals surface area contributed by atoms with Crippen molar-refractivity contribution in [3.8, 4) is 17.1 Å². The minimum Gasteiger partial charge on any atom is -0.488 e. The van der Waals surface area contributed by atoms with Gasteiger partial charge in [0.25, 0.3) is 0 Å². The lowest BCUT2D eigenvalue weighted by atomic mass is 10.1. The van der Waals surface area contributed by atoms with Crippen LogP contribution in [0.25, 0.3) is 22.3 Å². The zero-order valence-corrected chi connectivity index (χ0v) is 18.7. The molecule has 3 aromatic rings. The minimum atomic E-state index is -0.0316. The number of hydrogen-bond acceptors (Lipinski definition) is 7. The van der Waals surface area contributed by atoms with Crippen LogP contribution in [0.1, 0.15) is 19.8 Å². The number of anilines is 1. The lowest BCUT2D eigenvalue weighted by Crippen LogP contribution is -2.48. The predicted octanol–water partition coefficient (Wildman–Crippen LogP) is 3.30. The predicted molar refractivity (Wildman–Crippen MR) is 129 cm³/mol. The van der Waals surface area contributed by atoms with Gasteiger partial charge in [-0.2, -0.15) is 5.10 Å². The lowest BCUT2D eigenvalue weighted by molar-refractivity contribution is 0.200. The van der Waals surface area contributed by atoms with E-state index in [2.05, 4.69) is 43.9 Å². The highest BCUT2D eigenvalue weighted by Gasteiger charge is 2.40. The van der Waals surface area contributed by atoms with Crippen LogP contribution in [-0.4, -0.2) is 62.7 Å². The van der Waals surface area contributed by atoms with E-state index in [0.717, 1.165) is 72.9 Å². The third-order valence-electron chi connectivity index (χ3n) is 6.15. The maximum atomic E-state index is 8.21. The Hall–Kier alpha value is -3.88. The molecule has 5 rings (SSSR count). The molecule has 0 atom stereocenters. The van der Waals surface area contributed by atoms with Gasteiger partial charge in [-0.3, -0.25) is 10.5 Å². The number of nitrogens with zero attached hydrogens (tertiary/aromatic N) is 5. The average Bonchev–Trinajstić information content (AvgIpc) is 3.41. The topological polar surface area (TPSA) is 106 Å². The molecule has 0 spiro atoms. The summed E-state index contributed by atoms with van der Waals surface area (Å²) in [6.07, 6.45) is 8.81. The van der Waals surface area contributed by atoms with Crippen molar-refractivity contribution in [1.82, 2.24) is 30.4 Å². The van der Waals surface area contributed by atoms with E-state index in [4.69, 9.17) is 10.1 Å². The number of H-pyrrole nitrogens is 1. The van der Waals surface area contributed by atoms with E-state index in [1.807, 2.05) is 29.2 Å². The molecule has 1 saturated heterocycles. The highest BCUT2D eigenvalue weighted by Crippen LogP contribution is 2.40. The van der Waals surface area contributed by atoms with Crippen molar-refractivity contribution in [1.29, 1.82) is 5.41 Å². The highest BCUT2D eigenvalue weighted by molar-refractivity contribution is 5.93. The fourth-order valence-electron chi connectivity index (χ4n) is 3.94. The second-order valence-electron chi connectivity index (χ2n) is 8.66. The van der Waals surface area contributed by atoms with Crippen LogP contribution >= 0.6 is 0 Å². The summed E-state index contributed by atoms with van der Waals surface area (Å²) in [4.78, 5) is 13.3. The van der Waals surface area contributed by atoms with Gasteiger partial charge in [0.15, 0.2) is 0 Å². The summed E-state index contributed by atoms with van der Waals surface area (Å²) in [5, 5.41) is 19.7. The highest BCUT2D eigenvalue weighted by atomic mass is 16.5. The Balaban J connectivity index is 1.32. The molecule has 3 N–H and O–H groups in total. The number of hydrogen-bond donors (Lipinski definition) is 3. The lowest BCUT2D eigenvalue weighted by Gasteiger charge is -2.36. The Morgan fingerprint density at radius 3 is 2.79 bits per heavy atom. The second-order valence-corrected chi connectivity index (χ2v) is 8.66. The monoisotopic (exact) mass is 444 g/mol. The molecule has 0 unspecified atom stereocenters. The van der Waals surface area contributed by atoms with E-state index in [0.29, 0.717) is 5.84 Å². The standard InChI is InChI=1S/C24H28N8O/c1-3-26-9-6-21(25)31-10-12-32(13-11-31)22-15-20(27-16-28-22)23-18-14-17(33-24(2)7-8-24)4-5-19(18)29-30-23/h3-6,9,14-16,25-26H,1,7-8,10-13H2,2H3,(H,29,30).